The SMILES string of the molecule is CC(CCn1cccn1)NCC1CCCC1. The van der Waals surface area contributed by atoms with E-state index in [0.29, 0.717) is 6.04 Å². The standard InChI is InChI=1S/C13H23N3/c1-12(7-10-16-9-4-8-15-16)14-11-13-5-2-3-6-13/h4,8-9,12-14H,2-3,5-7,10-11H2,1H3. The highest BCUT2D eigenvalue weighted by Crippen LogP contribution is 2.23. The van der Waals surface area contributed by atoms with Gasteiger partial charge in [0.2, 0.25) is 0 Å². The van der Waals surface area contributed by atoms with E-state index in [1.165, 1.54) is 32.2 Å². The van der Waals surface area contributed by atoms with Gasteiger partial charge in [0.15, 0.2) is 0 Å². The molecule has 3 heteroatoms. The molecule has 1 fully saturated rings. The van der Waals surface area contributed by atoms with E-state index in [2.05, 4.69) is 17.3 Å². The average Bonchev–Trinajstić information content (AvgIpc) is 2.96. The van der Waals surface area contributed by atoms with Crippen LogP contribution >= 0.6 is 0 Å². The lowest BCUT2D eigenvalue weighted by Crippen LogP contribution is -2.31. The quantitative estimate of drug-likeness (QED) is 0.799. The van der Waals surface area contributed by atoms with Gasteiger partial charge in [0.25, 0.3) is 0 Å². The summed E-state index contributed by atoms with van der Waals surface area (Å²) in [4.78, 5) is 0. The van der Waals surface area contributed by atoms with Crippen LogP contribution in [0, 0.1) is 5.92 Å². The highest BCUT2D eigenvalue weighted by molar-refractivity contribution is 4.78. The average molecular weight is 221 g/mol. The second-order valence-electron chi connectivity index (χ2n) is 5.02. The van der Waals surface area contributed by atoms with Gasteiger partial charge in [-0.05, 0) is 44.7 Å². The molecule has 0 spiro atoms. The fourth-order valence-electron chi connectivity index (χ4n) is 2.44. The number of aryl methyl sites for hydroxylation is 1. The summed E-state index contributed by atoms with van der Waals surface area (Å²) in [6.07, 6.45) is 10.8. The lowest BCUT2D eigenvalue weighted by molar-refractivity contribution is 0.409. The van der Waals surface area contributed by atoms with Crippen molar-refractivity contribution in [2.45, 2.75) is 51.6 Å². The number of aromatic nitrogens is 2. The first-order valence-corrected chi connectivity index (χ1v) is 6.55. The second-order valence-corrected chi connectivity index (χ2v) is 5.02. The van der Waals surface area contributed by atoms with Crippen molar-refractivity contribution in [2.75, 3.05) is 6.54 Å². The van der Waals surface area contributed by atoms with Crippen molar-refractivity contribution < 1.29 is 0 Å². The third kappa shape index (κ3) is 3.63. The van der Waals surface area contributed by atoms with E-state index in [9.17, 15) is 0 Å². The first-order valence-electron chi connectivity index (χ1n) is 6.55. The molecule has 1 aliphatic rings. The van der Waals surface area contributed by atoms with Crippen molar-refractivity contribution in [2.24, 2.45) is 5.92 Å². The summed E-state index contributed by atoms with van der Waals surface area (Å²) in [6, 6.07) is 2.58. The molecule has 1 N–H and O–H groups in total. The van der Waals surface area contributed by atoms with Crippen LogP contribution in [0.4, 0.5) is 0 Å². The normalized spacial score (nSPS) is 19.1. The minimum atomic E-state index is 0.602. The third-order valence-electron chi connectivity index (χ3n) is 3.58. The Morgan fingerprint density at radius 1 is 1.44 bits per heavy atom. The maximum atomic E-state index is 4.21. The number of rotatable bonds is 6. The first kappa shape index (κ1) is 11.6. The van der Waals surface area contributed by atoms with E-state index < -0.39 is 0 Å². The molecular weight excluding hydrogens is 198 g/mol. The molecule has 16 heavy (non-hydrogen) atoms. The zero-order chi connectivity index (χ0) is 11.2. The lowest BCUT2D eigenvalue weighted by Gasteiger charge is -2.16. The maximum absolute atomic E-state index is 4.21. The Labute approximate surface area is 98.2 Å². The molecule has 3 nitrogen and oxygen atoms in total. The van der Waals surface area contributed by atoms with Crippen molar-refractivity contribution in [3.05, 3.63) is 18.5 Å². The highest BCUT2D eigenvalue weighted by Gasteiger charge is 2.15. The van der Waals surface area contributed by atoms with Gasteiger partial charge in [-0.25, -0.2) is 0 Å². The Morgan fingerprint density at radius 3 is 2.94 bits per heavy atom. The van der Waals surface area contributed by atoms with E-state index in [4.69, 9.17) is 0 Å². The van der Waals surface area contributed by atoms with Gasteiger partial charge in [0, 0.05) is 25.0 Å². The summed E-state index contributed by atoms with van der Waals surface area (Å²) < 4.78 is 2.01. The lowest BCUT2D eigenvalue weighted by atomic mass is 10.1. The molecule has 1 heterocycles. The topological polar surface area (TPSA) is 29.9 Å². The first-order chi connectivity index (χ1) is 7.84. The molecular formula is C13H23N3. The van der Waals surface area contributed by atoms with E-state index in [1.54, 1.807) is 0 Å². The number of hydrogen-bond acceptors (Lipinski definition) is 2. The largest absolute Gasteiger partial charge is 0.314 e. The van der Waals surface area contributed by atoms with E-state index in [-0.39, 0.29) is 0 Å². The van der Waals surface area contributed by atoms with Gasteiger partial charge in [0.05, 0.1) is 0 Å². The molecule has 1 atom stereocenters. The minimum absolute atomic E-state index is 0.602. The van der Waals surface area contributed by atoms with Crippen LogP contribution in [0.15, 0.2) is 18.5 Å². The molecule has 1 aromatic rings. The van der Waals surface area contributed by atoms with Crippen LogP contribution in [-0.2, 0) is 6.54 Å². The molecule has 0 amide bonds. The number of hydrogen-bond donors (Lipinski definition) is 1. The third-order valence-corrected chi connectivity index (χ3v) is 3.58. The van der Waals surface area contributed by atoms with Gasteiger partial charge in [-0.2, -0.15) is 5.10 Å². The molecule has 0 radical (unpaired) electrons. The zero-order valence-corrected chi connectivity index (χ0v) is 10.2. The van der Waals surface area contributed by atoms with Crippen molar-refractivity contribution in [1.29, 1.82) is 0 Å². The molecule has 0 aromatic carbocycles. The van der Waals surface area contributed by atoms with Crippen LogP contribution in [-0.4, -0.2) is 22.4 Å². The molecule has 0 saturated heterocycles. The van der Waals surface area contributed by atoms with Crippen LogP contribution < -0.4 is 5.32 Å². The predicted molar refractivity (Wildman–Crippen MR) is 66.3 cm³/mol. The van der Waals surface area contributed by atoms with Gasteiger partial charge >= 0.3 is 0 Å². The number of nitrogens with zero attached hydrogens (tertiary/aromatic N) is 2. The van der Waals surface area contributed by atoms with Crippen LogP contribution in [0.3, 0.4) is 0 Å². The number of nitrogens with one attached hydrogen (secondary N) is 1. The molecule has 90 valence electrons. The molecule has 0 aliphatic heterocycles. The van der Waals surface area contributed by atoms with Crippen LogP contribution in [0.25, 0.3) is 0 Å². The fraction of sp³-hybridized carbons (Fsp3) is 0.769. The Kier molecular flexibility index (Phi) is 4.40. The van der Waals surface area contributed by atoms with Crippen LogP contribution in [0.2, 0.25) is 0 Å². The van der Waals surface area contributed by atoms with E-state index in [1.807, 2.05) is 23.1 Å². The summed E-state index contributed by atoms with van der Waals surface area (Å²) in [6.45, 7) is 4.50. The van der Waals surface area contributed by atoms with Crippen molar-refractivity contribution >= 4 is 0 Å². The molecule has 1 aliphatic carbocycles. The Balaban J connectivity index is 1.58. The van der Waals surface area contributed by atoms with Crippen LogP contribution in [0.1, 0.15) is 39.0 Å². The fourth-order valence-corrected chi connectivity index (χ4v) is 2.44. The second kappa shape index (κ2) is 6.04. The van der Waals surface area contributed by atoms with Gasteiger partial charge in [0.1, 0.15) is 0 Å². The van der Waals surface area contributed by atoms with Gasteiger partial charge in [-0.3, -0.25) is 4.68 Å². The summed E-state index contributed by atoms with van der Waals surface area (Å²) >= 11 is 0. The maximum Gasteiger partial charge on any atom is 0.0489 e. The summed E-state index contributed by atoms with van der Waals surface area (Å²) in [5, 5.41) is 7.86. The molecule has 1 aromatic heterocycles. The Morgan fingerprint density at radius 2 is 2.25 bits per heavy atom. The summed E-state index contributed by atoms with van der Waals surface area (Å²) in [7, 11) is 0. The molecule has 1 saturated carbocycles. The van der Waals surface area contributed by atoms with E-state index >= 15 is 0 Å². The van der Waals surface area contributed by atoms with Gasteiger partial charge < -0.3 is 5.32 Å². The summed E-state index contributed by atoms with van der Waals surface area (Å²) in [5.41, 5.74) is 0. The predicted octanol–water partition coefficient (Wildman–Crippen LogP) is 2.44. The van der Waals surface area contributed by atoms with Crippen molar-refractivity contribution in [1.82, 2.24) is 15.1 Å². The molecule has 0 bridgehead atoms. The van der Waals surface area contributed by atoms with E-state index in [0.717, 1.165) is 18.9 Å². The van der Waals surface area contributed by atoms with Crippen LogP contribution in [0.5, 0.6) is 0 Å². The van der Waals surface area contributed by atoms with Gasteiger partial charge in [-0.1, -0.05) is 12.8 Å². The Bertz CT molecular complexity index is 275. The monoisotopic (exact) mass is 221 g/mol. The molecule has 2 rings (SSSR count). The smallest absolute Gasteiger partial charge is 0.0489 e. The van der Waals surface area contributed by atoms with Gasteiger partial charge in [-0.15, -0.1) is 0 Å². The minimum Gasteiger partial charge on any atom is -0.314 e. The zero-order valence-electron chi connectivity index (χ0n) is 10.2. The highest BCUT2D eigenvalue weighted by atomic mass is 15.3. The van der Waals surface area contributed by atoms with Crippen molar-refractivity contribution in [3.8, 4) is 0 Å². The van der Waals surface area contributed by atoms with Crippen molar-refractivity contribution in [3.63, 3.8) is 0 Å². The molecule has 1 unspecified atom stereocenters. The Hall–Kier alpha value is -0.830. The summed E-state index contributed by atoms with van der Waals surface area (Å²) in [5.74, 6) is 0.937.